The average Bonchev–Trinajstić information content (AvgIpc) is 2.70. The molecule has 2 fully saturated rings. The second-order valence-electron chi connectivity index (χ2n) is 5.88. The standard InChI is InChI=1S/C12H19NO5/c1-12(2,3)18-11(16)13-4-7-5-17-6-8(7)9(13)10(14)15/h7-9H,4-6H2,1-3H3,(H,14,15). The molecule has 0 aliphatic carbocycles. The summed E-state index contributed by atoms with van der Waals surface area (Å²) in [6.45, 7) is 6.62. The van der Waals surface area contributed by atoms with E-state index in [9.17, 15) is 14.7 Å². The lowest BCUT2D eigenvalue weighted by Crippen LogP contribution is -2.46. The minimum Gasteiger partial charge on any atom is -0.480 e. The van der Waals surface area contributed by atoms with Crippen LogP contribution >= 0.6 is 0 Å². The van der Waals surface area contributed by atoms with E-state index in [2.05, 4.69) is 0 Å². The van der Waals surface area contributed by atoms with Crippen molar-refractivity contribution in [2.45, 2.75) is 32.4 Å². The van der Waals surface area contributed by atoms with E-state index in [0.29, 0.717) is 19.8 Å². The summed E-state index contributed by atoms with van der Waals surface area (Å²) in [7, 11) is 0. The number of ether oxygens (including phenoxy) is 2. The molecule has 0 bridgehead atoms. The number of rotatable bonds is 1. The van der Waals surface area contributed by atoms with E-state index in [-0.39, 0.29) is 11.8 Å². The molecule has 2 saturated heterocycles. The molecule has 0 radical (unpaired) electrons. The quantitative estimate of drug-likeness (QED) is 0.757. The summed E-state index contributed by atoms with van der Waals surface area (Å²) >= 11 is 0. The zero-order valence-corrected chi connectivity index (χ0v) is 10.9. The van der Waals surface area contributed by atoms with Crippen LogP contribution in [0.25, 0.3) is 0 Å². The molecule has 0 spiro atoms. The number of hydrogen-bond acceptors (Lipinski definition) is 4. The van der Waals surface area contributed by atoms with Crippen molar-refractivity contribution in [3.05, 3.63) is 0 Å². The van der Waals surface area contributed by atoms with Crippen molar-refractivity contribution in [2.75, 3.05) is 19.8 Å². The Morgan fingerprint density at radius 1 is 1.33 bits per heavy atom. The van der Waals surface area contributed by atoms with Gasteiger partial charge >= 0.3 is 12.1 Å². The molecular formula is C12H19NO5. The Morgan fingerprint density at radius 3 is 2.56 bits per heavy atom. The Labute approximate surface area is 106 Å². The average molecular weight is 257 g/mol. The number of aliphatic carboxylic acids is 1. The number of hydrogen-bond donors (Lipinski definition) is 1. The molecule has 3 atom stereocenters. The Balaban J connectivity index is 2.12. The van der Waals surface area contributed by atoms with Crippen LogP contribution in [-0.2, 0) is 14.3 Å². The van der Waals surface area contributed by atoms with Gasteiger partial charge in [0.15, 0.2) is 0 Å². The highest BCUT2D eigenvalue weighted by atomic mass is 16.6. The Kier molecular flexibility index (Phi) is 3.23. The second-order valence-corrected chi connectivity index (χ2v) is 5.88. The molecule has 3 unspecified atom stereocenters. The number of carboxylic acid groups (broad SMARTS) is 1. The Bertz CT molecular complexity index is 362. The van der Waals surface area contributed by atoms with Gasteiger partial charge in [-0.25, -0.2) is 9.59 Å². The van der Waals surface area contributed by atoms with Gasteiger partial charge in [-0.2, -0.15) is 0 Å². The first-order chi connectivity index (χ1) is 8.29. The number of carbonyl (C=O) groups excluding carboxylic acids is 1. The smallest absolute Gasteiger partial charge is 0.411 e. The summed E-state index contributed by atoms with van der Waals surface area (Å²) in [5, 5.41) is 9.27. The summed E-state index contributed by atoms with van der Waals surface area (Å²) in [6.07, 6.45) is -0.552. The van der Waals surface area contributed by atoms with Gasteiger partial charge in [0.2, 0.25) is 0 Å². The van der Waals surface area contributed by atoms with Crippen molar-refractivity contribution in [1.29, 1.82) is 0 Å². The zero-order chi connectivity index (χ0) is 13.5. The van der Waals surface area contributed by atoms with Crippen molar-refractivity contribution < 1.29 is 24.2 Å². The van der Waals surface area contributed by atoms with Crippen LogP contribution in [0.5, 0.6) is 0 Å². The molecule has 0 aromatic heterocycles. The lowest BCUT2D eigenvalue weighted by molar-refractivity contribution is -0.143. The monoisotopic (exact) mass is 257 g/mol. The lowest BCUT2D eigenvalue weighted by Gasteiger charge is -2.28. The maximum absolute atomic E-state index is 12.0. The van der Waals surface area contributed by atoms with Crippen LogP contribution in [-0.4, -0.2) is 53.5 Å². The number of carboxylic acids is 1. The fourth-order valence-corrected chi connectivity index (χ4v) is 2.57. The predicted molar refractivity (Wildman–Crippen MR) is 62.2 cm³/mol. The van der Waals surface area contributed by atoms with Crippen molar-refractivity contribution in [3.63, 3.8) is 0 Å². The molecule has 0 aromatic carbocycles. The highest BCUT2D eigenvalue weighted by Gasteiger charge is 2.51. The number of amides is 1. The van der Waals surface area contributed by atoms with Gasteiger partial charge in [0.25, 0.3) is 0 Å². The zero-order valence-electron chi connectivity index (χ0n) is 10.9. The van der Waals surface area contributed by atoms with Crippen molar-refractivity contribution in [3.8, 4) is 0 Å². The molecule has 6 nitrogen and oxygen atoms in total. The van der Waals surface area contributed by atoms with Crippen LogP contribution in [0.4, 0.5) is 4.79 Å². The molecule has 2 aliphatic rings. The van der Waals surface area contributed by atoms with Gasteiger partial charge in [0.1, 0.15) is 11.6 Å². The van der Waals surface area contributed by atoms with Gasteiger partial charge in [-0.15, -0.1) is 0 Å². The molecule has 6 heteroatoms. The molecule has 0 saturated carbocycles. The maximum Gasteiger partial charge on any atom is 0.411 e. The van der Waals surface area contributed by atoms with E-state index in [1.54, 1.807) is 20.8 Å². The first-order valence-corrected chi connectivity index (χ1v) is 6.10. The topological polar surface area (TPSA) is 76.1 Å². The first kappa shape index (κ1) is 13.1. The molecular weight excluding hydrogens is 238 g/mol. The number of carbonyl (C=O) groups is 2. The largest absolute Gasteiger partial charge is 0.480 e. The molecule has 102 valence electrons. The van der Waals surface area contributed by atoms with E-state index >= 15 is 0 Å². The number of likely N-dealkylation sites (tertiary alicyclic amines) is 1. The molecule has 0 aromatic rings. The summed E-state index contributed by atoms with van der Waals surface area (Å²) < 4.78 is 10.5. The summed E-state index contributed by atoms with van der Waals surface area (Å²) in [5.41, 5.74) is -0.617. The van der Waals surface area contributed by atoms with Gasteiger partial charge in [0, 0.05) is 18.4 Å². The van der Waals surface area contributed by atoms with E-state index in [1.165, 1.54) is 4.90 Å². The SMILES string of the molecule is CC(C)(C)OC(=O)N1CC2COCC2C1C(=O)O. The molecule has 18 heavy (non-hydrogen) atoms. The van der Waals surface area contributed by atoms with Crippen LogP contribution in [0.3, 0.4) is 0 Å². The predicted octanol–water partition coefficient (Wildman–Crippen LogP) is 0.953. The molecule has 2 heterocycles. The minimum atomic E-state index is -0.987. The molecule has 1 amide bonds. The van der Waals surface area contributed by atoms with E-state index < -0.39 is 23.7 Å². The van der Waals surface area contributed by atoms with Gasteiger partial charge < -0.3 is 14.6 Å². The van der Waals surface area contributed by atoms with E-state index in [1.807, 2.05) is 0 Å². The first-order valence-electron chi connectivity index (χ1n) is 6.10. The number of nitrogens with zero attached hydrogens (tertiary/aromatic N) is 1. The third kappa shape index (κ3) is 2.43. The summed E-state index contributed by atoms with van der Waals surface area (Å²) in [6, 6.07) is -0.827. The van der Waals surface area contributed by atoms with Crippen molar-refractivity contribution >= 4 is 12.1 Å². The second kappa shape index (κ2) is 4.42. The van der Waals surface area contributed by atoms with Gasteiger partial charge in [-0.3, -0.25) is 4.90 Å². The Hall–Kier alpha value is -1.30. The molecule has 2 rings (SSSR count). The molecule has 1 N–H and O–H groups in total. The van der Waals surface area contributed by atoms with Crippen LogP contribution in [0, 0.1) is 11.8 Å². The Morgan fingerprint density at radius 2 is 2.00 bits per heavy atom. The van der Waals surface area contributed by atoms with Crippen LogP contribution < -0.4 is 0 Å². The van der Waals surface area contributed by atoms with E-state index in [4.69, 9.17) is 9.47 Å². The van der Waals surface area contributed by atoms with Gasteiger partial charge in [-0.05, 0) is 20.8 Å². The van der Waals surface area contributed by atoms with Crippen molar-refractivity contribution in [1.82, 2.24) is 4.90 Å². The summed E-state index contributed by atoms with van der Waals surface area (Å²) in [5.74, 6) is -0.993. The highest BCUT2D eigenvalue weighted by molar-refractivity contribution is 5.81. The normalized spacial score (nSPS) is 31.3. The third-order valence-corrected chi connectivity index (χ3v) is 3.30. The molecule has 2 aliphatic heterocycles. The van der Waals surface area contributed by atoms with E-state index in [0.717, 1.165) is 0 Å². The summed E-state index contributed by atoms with van der Waals surface area (Å²) in [4.78, 5) is 24.7. The van der Waals surface area contributed by atoms with Gasteiger partial charge in [-0.1, -0.05) is 0 Å². The number of fused-ring (bicyclic) bond motifs is 1. The van der Waals surface area contributed by atoms with Crippen LogP contribution in [0.2, 0.25) is 0 Å². The van der Waals surface area contributed by atoms with Gasteiger partial charge in [0.05, 0.1) is 13.2 Å². The maximum atomic E-state index is 12.0. The highest BCUT2D eigenvalue weighted by Crippen LogP contribution is 2.35. The fourth-order valence-electron chi connectivity index (χ4n) is 2.57. The third-order valence-electron chi connectivity index (χ3n) is 3.30. The van der Waals surface area contributed by atoms with Crippen LogP contribution in [0.1, 0.15) is 20.8 Å². The lowest BCUT2D eigenvalue weighted by atomic mass is 9.94. The van der Waals surface area contributed by atoms with Crippen LogP contribution in [0.15, 0.2) is 0 Å². The van der Waals surface area contributed by atoms with Crippen molar-refractivity contribution in [2.24, 2.45) is 11.8 Å². The fraction of sp³-hybridized carbons (Fsp3) is 0.833. The minimum absolute atomic E-state index is 0.110.